The van der Waals surface area contributed by atoms with Crippen molar-refractivity contribution in [2.45, 2.75) is 64.0 Å². The van der Waals surface area contributed by atoms with Gasteiger partial charge in [0.15, 0.2) is 10.8 Å². The summed E-state index contributed by atoms with van der Waals surface area (Å²) in [6.07, 6.45) is 7.78. The van der Waals surface area contributed by atoms with Gasteiger partial charge in [-0.3, -0.25) is 4.79 Å². The highest BCUT2D eigenvalue weighted by molar-refractivity contribution is 7.22. The lowest BCUT2D eigenvalue weighted by Crippen LogP contribution is -2.41. The molecular formula is C20H28N4O2S. The van der Waals surface area contributed by atoms with Gasteiger partial charge in [-0.25, -0.2) is 4.98 Å². The largest absolute Gasteiger partial charge is 0.390 e. The van der Waals surface area contributed by atoms with E-state index in [2.05, 4.69) is 20.2 Å². The van der Waals surface area contributed by atoms with Gasteiger partial charge in [0.05, 0.1) is 15.9 Å². The van der Waals surface area contributed by atoms with Gasteiger partial charge < -0.3 is 15.3 Å². The topological polar surface area (TPSA) is 78.3 Å². The number of anilines is 1. The van der Waals surface area contributed by atoms with E-state index >= 15 is 0 Å². The Kier molecular flexibility index (Phi) is 5.07. The number of pyridine rings is 1. The van der Waals surface area contributed by atoms with Crippen LogP contribution < -0.4 is 10.2 Å². The van der Waals surface area contributed by atoms with Crippen LogP contribution in [0.15, 0.2) is 12.3 Å². The molecule has 2 aliphatic rings. The number of aromatic nitrogens is 2. The van der Waals surface area contributed by atoms with Crippen molar-refractivity contribution < 1.29 is 9.90 Å². The van der Waals surface area contributed by atoms with Gasteiger partial charge in [-0.15, -0.1) is 0 Å². The Morgan fingerprint density at radius 1 is 1.26 bits per heavy atom. The molecule has 1 aliphatic carbocycles. The minimum Gasteiger partial charge on any atom is -0.390 e. The van der Waals surface area contributed by atoms with Gasteiger partial charge in [0.25, 0.3) is 5.91 Å². The van der Waals surface area contributed by atoms with Crippen LogP contribution in [0.5, 0.6) is 0 Å². The average molecular weight is 389 g/mol. The summed E-state index contributed by atoms with van der Waals surface area (Å²) in [6, 6.07) is 2.09. The van der Waals surface area contributed by atoms with Crippen LogP contribution in [0.1, 0.15) is 62.7 Å². The molecule has 0 unspecified atom stereocenters. The lowest BCUT2D eigenvalue weighted by molar-refractivity contribution is -0.00257. The SMILES string of the molecule is CC(C)(O)C1CCC(NC(=O)c2cnc3nc(N4CCCC4)sc3c2)CC1. The molecule has 2 aromatic heterocycles. The third kappa shape index (κ3) is 4.09. The molecule has 1 aliphatic heterocycles. The molecule has 27 heavy (non-hydrogen) atoms. The molecule has 7 heteroatoms. The summed E-state index contributed by atoms with van der Waals surface area (Å²) in [4.78, 5) is 24.0. The summed E-state index contributed by atoms with van der Waals surface area (Å²) in [5.74, 6) is 0.247. The van der Waals surface area contributed by atoms with E-state index in [1.165, 1.54) is 12.8 Å². The fourth-order valence-corrected chi connectivity index (χ4v) is 5.20. The second-order valence-corrected chi connectivity index (χ2v) is 9.42. The van der Waals surface area contributed by atoms with Gasteiger partial charge in [-0.2, -0.15) is 4.98 Å². The summed E-state index contributed by atoms with van der Waals surface area (Å²) in [5, 5.41) is 14.3. The Hall–Kier alpha value is -1.73. The smallest absolute Gasteiger partial charge is 0.253 e. The van der Waals surface area contributed by atoms with Crippen LogP contribution in [0.4, 0.5) is 5.13 Å². The number of carbonyl (C=O) groups is 1. The molecule has 146 valence electrons. The summed E-state index contributed by atoms with van der Waals surface area (Å²) < 4.78 is 0.968. The number of aliphatic hydroxyl groups is 1. The van der Waals surface area contributed by atoms with Crippen molar-refractivity contribution in [3.63, 3.8) is 0 Å². The molecule has 1 saturated carbocycles. The molecular weight excluding hydrogens is 360 g/mol. The second-order valence-electron chi connectivity index (χ2n) is 8.41. The van der Waals surface area contributed by atoms with E-state index in [1.54, 1.807) is 17.5 Å². The Morgan fingerprint density at radius 2 is 1.96 bits per heavy atom. The number of thiazole rings is 1. The zero-order chi connectivity index (χ0) is 19.0. The number of rotatable bonds is 4. The van der Waals surface area contributed by atoms with Crippen molar-refractivity contribution in [3.8, 4) is 0 Å². The maximum atomic E-state index is 12.7. The minimum atomic E-state index is -0.636. The molecule has 0 bridgehead atoms. The number of amides is 1. The third-order valence-electron chi connectivity index (χ3n) is 5.94. The van der Waals surface area contributed by atoms with Crippen molar-refractivity contribution >= 4 is 32.7 Å². The van der Waals surface area contributed by atoms with Crippen LogP contribution >= 0.6 is 11.3 Å². The van der Waals surface area contributed by atoms with Crippen LogP contribution in [-0.4, -0.2) is 45.7 Å². The first-order chi connectivity index (χ1) is 12.9. The van der Waals surface area contributed by atoms with Crippen LogP contribution in [0, 0.1) is 5.92 Å². The maximum Gasteiger partial charge on any atom is 0.253 e. The molecule has 0 radical (unpaired) electrons. The monoisotopic (exact) mass is 388 g/mol. The van der Waals surface area contributed by atoms with Gasteiger partial charge in [-0.05, 0) is 64.4 Å². The zero-order valence-electron chi connectivity index (χ0n) is 16.1. The van der Waals surface area contributed by atoms with E-state index in [0.29, 0.717) is 11.5 Å². The Balaban J connectivity index is 1.41. The van der Waals surface area contributed by atoms with Gasteiger partial charge in [0.1, 0.15) is 0 Å². The number of carbonyl (C=O) groups excluding carboxylic acids is 1. The highest BCUT2D eigenvalue weighted by Gasteiger charge is 2.32. The highest BCUT2D eigenvalue weighted by atomic mass is 32.1. The number of fused-ring (bicyclic) bond motifs is 1. The summed E-state index contributed by atoms with van der Waals surface area (Å²) >= 11 is 1.62. The van der Waals surface area contributed by atoms with E-state index in [9.17, 15) is 9.90 Å². The summed E-state index contributed by atoms with van der Waals surface area (Å²) in [6.45, 7) is 5.87. The lowest BCUT2D eigenvalue weighted by atomic mass is 9.77. The van der Waals surface area contributed by atoms with Crippen molar-refractivity contribution in [2.75, 3.05) is 18.0 Å². The standard InChI is InChI=1S/C20H28N4O2S/c1-20(2,26)14-5-7-15(8-6-14)22-18(25)13-11-16-17(21-12-13)23-19(27-16)24-9-3-4-10-24/h11-12,14-15,26H,3-10H2,1-2H3,(H,22,25). The van der Waals surface area contributed by atoms with Crippen molar-refractivity contribution in [1.82, 2.24) is 15.3 Å². The van der Waals surface area contributed by atoms with E-state index in [0.717, 1.165) is 54.3 Å². The second kappa shape index (κ2) is 7.36. The molecule has 2 fully saturated rings. The molecule has 2 N–H and O–H groups in total. The summed E-state index contributed by atoms with van der Waals surface area (Å²) in [7, 11) is 0. The lowest BCUT2D eigenvalue weighted by Gasteiger charge is -2.36. The predicted octanol–water partition coefficient (Wildman–Crippen LogP) is 3.35. The number of nitrogens with zero attached hydrogens (tertiary/aromatic N) is 3. The Labute approximate surface area is 164 Å². The first kappa shape index (κ1) is 18.6. The molecule has 1 amide bonds. The maximum absolute atomic E-state index is 12.7. The van der Waals surface area contributed by atoms with Crippen molar-refractivity contribution in [3.05, 3.63) is 17.8 Å². The van der Waals surface area contributed by atoms with Crippen LogP contribution in [-0.2, 0) is 0 Å². The summed E-state index contributed by atoms with van der Waals surface area (Å²) in [5.41, 5.74) is 0.691. The minimum absolute atomic E-state index is 0.0627. The molecule has 3 heterocycles. The molecule has 0 aromatic carbocycles. The zero-order valence-corrected chi connectivity index (χ0v) is 16.9. The Morgan fingerprint density at radius 3 is 2.63 bits per heavy atom. The molecule has 1 saturated heterocycles. The average Bonchev–Trinajstić information content (AvgIpc) is 3.30. The molecule has 4 rings (SSSR count). The highest BCUT2D eigenvalue weighted by Crippen LogP contribution is 2.33. The molecule has 2 aromatic rings. The van der Waals surface area contributed by atoms with Crippen LogP contribution in [0.25, 0.3) is 10.3 Å². The normalized spacial score (nSPS) is 23.7. The van der Waals surface area contributed by atoms with Gasteiger partial charge in [0, 0.05) is 25.3 Å². The molecule has 0 atom stereocenters. The number of hydrogen-bond donors (Lipinski definition) is 2. The van der Waals surface area contributed by atoms with Gasteiger partial charge in [0.2, 0.25) is 0 Å². The van der Waals surface area contributed by atoms with Gasteiger partial charge in [-0.1, -0.05) is 11.3 Å². The van der Waals surface area contributed by atoms with Gasteiger partial charge >= 0.3 is 0 Å². The first-order valence-electron chi connectivity index (χ1n) is 9.95. The molecule has 0 spiro atoms. The first-order valence-corrected chi connectivity index (χ1v) is 10.8. The van der Waals surface area contributed by atoms with E-state index in [1.807, 2.05) is 19.9 Å². The Bertz CT molecular complexity index is 815. The van der Waals surface area contributed by atoms with E-state index in [4.69, 9.17) is 0 Å². The van der Waals surface area contributed by atoms with Crippen LogP contribution in [0.3, 0.4) is 0 Å². The molecule has 6 nitrogen and oxygen atoms in total. The van der Waals surface area contributed by atoms with Crippen molar-refractivity contribution in [2.24, 2.45) is 5.92 Å². The quantitative estimate of drug-likeness (QED) is 0.840. The van der Waals surface area contributed by atoms with E-state index in [-0.39, 0.29) is 11.9 Å². The van der Waals surface area contributed by atoms with E-state index < -0.39 is 5.60 Å². The number of nitrogens with one attached hydrogen (secondary N) is 1. The van der Waals surface area contributed by atoms with Crippen molar-refractivity contribution in [1.29, 1.82) is 0 Å². The fraction of sp³-hybridized carbons (Fsp3) is 0.650. The van der Waals surface area contributed by atoms with Crippen LogP contribution in [0.2, 0.25) is 0 Å². The fourth-order valence-electron chi connectivity index (χ4n) is 4.19. The number of hydrogen-bond acceptors (Lipinski definition) is 6. The predicted molar refractivity (Wildman–Crippen MR) is 108 cm³/mol. The third-order valence-corrected chi connectivity index (χ3v) is 6.99.